The van der Waals surface area contributed by atoms with Gasteiger partial charge in [0.2, 0.25) is 0 Å². The number of nitrogens with one attached hydrogen (secondary N) is 1. The van der Waals surface area contributed by atoms with Gasteiger partial charge in [-0.15, -0.1) is 0 Å². The second kappa shape index (κ2) is 9.71. The third-order valence-electron chi connectivity index (χ3n) is 6.67. The number of benzene rings is 3. The number of hydrogen-bond acceptors (Lipinski definition) is 6. The lowest BCUT2D eigenvalue weighted by atomic mass is 9.95. The second-order valence-corrected chi connectivity index (χ2v) is 9.32. The predicted octanol–water partition coefficient (Wildman–Crippen LogP) is 5.25. The number of H-pyrrole nitrogens is 1. The minimum Gasteiger partial charge on any atom is -0.508 e. The van der Waals surface area contributed by atoms with Crippen LogP contribution >= 0.6 is 11.6 Å². The highest BCUT2D eigenvalue weighted by Crippen LogP contribution is 2.45. The van der Waals surface area contributed by atoms with Crippen molar-refractivity contribution in [2.24, 2.45) is 0 Å². The molecule has 8 nitrogen and oxygen atoms in total. The monoisotopic (exact) mass is 519 g/mol. The average molecular weight is 520 g/mol. The maximum absolute atomic E-state index is 13.6. The zero-order chi connectivity index (χ0) is 26.3. The van der Waals surface area contributed by atoms with E-state index in [1.165, 1.54) is 0 Å². The van der Waals surface area contributed by atoms with Gasteiger partial charge in [0.15, 0.2) is 11.5 Å². The number of nitrogens with zero attached hydrogens (tertiary/aromatic N) is 2. The molecule has 9 heteroatoms. The largest absolute Gasteiger partial charge is 0.508 e. The van der Waals surface area contributed by atoms with Crippen LogP contribution in [0.25, 0.3) is 11.3 Å². The van der Waals surface area contributed by atoms with Crippen LogP contribution in [-0.4, -0.2) is 52.0 Å². The van der Waals surface area contributed by atoms with Gasteiger partial charge in [-0.25, -0.2) is 0 Å². The summed E-state index contributed by atoms with van der Waals surface area (Å²) in [5.41, 5.74) is 4.24. The molecule has 0 radical (unpaired) electrons. The van der Waals surface area contributed by atoms with Crippen molar-refractivity contribution in [3.05, 3.63) is 87.6 Å². The van der Waals surface area contributed by atoms with Crippen LogP contribution < -0.4 is 9.47 Å². The zero-order valence-corrected chi connectivity index (χ0v) is 21.3. The van der Waals surface area contributed by atoms with Crippen molar-refractivity contribution < 1.29 is 24.5 Å². The van der Waals surface area contributed by atoms with Crippen molar-refractivity contribution in [3.63, 3.8) is 0 Å². The Labute approximate surface area is 219 Å². The molecule has 3 aromatic carbocycles. The molecule has 3 N–H and O–H groups in total. The van der Waals surface area contributed by atoms with Gasteiger partial charge in [0, 0.05) is 22.7 Å². The summed E-state index contributed by atoms with van der Waals surface area (Å²) < 4.78 is 10.8. The molecule has 37 heavy (non-hydrogen) atoms. The van der Waals surface area contributed by atoms with E-state index in [0.29, 0.717) is 52.0 Å². The van der Waals surface area contributed by atoms with E-state index < -0.39 is 6.04 Å². The fourth-order valence-corrected chi connectivity index (χ4v) is 4.98. The summed E-state index contributed by atoms with van der Waals surface area (Å²) in [5, 5.41) is 28.7. The Morgan fingerprint density at radius 1 is 1.05 bits per heavy atom. The van der Waals surface area contributed by atoms with Crippen molar-refractivity contribution in [2.45, 2.75) is 19.4 Å². The minimum absolute atomic E-state index is 0.0158. The summed E-state index contributed by atoms with van der Waals surface area (Å²) >= 11 is 6.37. The molecule has 0 fully saturated rings. The fourth-order valence-electron chi connectivity index (χ4n) is 4.82. The molecule has 1 aliphatic rings. The Morgan fingerprint density at radius 3 is 2.57 bits per heavy atom. The van der Waals surface area contributed by atoms with E-state index >= 15 is 0 Å². The standard InChI is InChI=1S/C28H26ClN3O5/c1-15-11-21(34)19(14-20(15)29)25-24-26(31-30-25)28(35)32(27(24)17-5-4-6-18(33)13-17)10-9-16-7-8-22(36-2)23(12-16)37-3/h4-8,11-14,27,33-34H,9-10H2,1-3H3,(H,30,31)/t27-/m0/s1. The number of phenolic OH excluding ortho intramolecular Hbond substituents is 2. The number of carbonyl (C=O) groups is 1. The van der Waals surface area contributed by atoms with Crippen LogP contribution in [0.15, 0.2) is 54.6 Å². The van der Waals surface area contributed by atoms with E-state index in [0.717, 1.165) is 16.7 Å². The Kier molecular flexibility index (Phi) is 6.43. The molecule has 2 heterocycles. The zero-order valence-electron chi connectivity index (χ0n) is 20.6. The second-order valence-electron chi connectivity index (χ2n) is 8.91. The molecule has 0 bridgehead atoms. The Hall–Kier alpha value is -4.17. The fraction of sp³-hybridized carbons (Fsp3) is 0.214. The van der Waals surface area contributed by atoms with E-state index in [9.17, 15) is 15.0 Å². The van der Waals surface area contributed by atoms with Gasteiger partial charge in [0.1, 0.15) is 22.9 Å². The lowest BCUT2D eigenvalue weighted by Crippen LogP contribution is -2.31. The first-order chi connectivity index (χ1) is 17.8. The van der Waals surface area contributed by atoms with Crippen LogP contribution in [-0.2, 0) is 6.42 Å². The minimum atomic E-state index is -0.539. The van der Waals surface area contributed by atoms with Crippen molar-refractivity contribution in [1.82, 2.24) is 15.1 Å². The number of ether oxygens (including phenoxy) is 2. The number of aromatic amines is 1. The molecule has 0 spiro atoms. The van der Waals surface area contributed by atoms with Crippen molar-refractivity contribution in [1.29, 1.82) is 0 Å². The molecule has 0 unspecified atom stereocenters. The molecule has 0 saturated carbocycles. The summed E-state index contributed by atoms with van der Waals surface area (Å²) in [6, 6.07) is 15.2. The molecule has 1 atom stereocenters. The number of methoxy groups -OCH3 is 2. The third-order valence-corrected chi connectivity index (χ3v) is 7.08. The molecule has 0 saturated heterocycles. The van der Waals surface area contributed by atoms with Gasteiger partial charge in [-0.1, -0.05) is 29.8 Å². The molecule has 1 aromatic heterocycles. The molecule has 5 rings (SSSR count). The number of aromatic nitrogens is 2. The average Bonchev–Trinajstić information content (AvgIpc) is 3.43. The van der Waals surface area contributed by atoms with Gasteiger partial charge in [0.25, 0.3) is 5.91 Å². The number of phenols is 2. The van der Waals surface area contributed by atoms with Crippen LogP contribution in [0.1, 0.15) is 38.8 Å². The first kappa shape index (κ1) is 24.5. The van der Waals surface area contributed by atoms with E-state index in [1.807, 2.05) is 24.3 Å². The normalized spacial score (nSPS) is 14.6. The lowest BCUT2D eigenvalue weighted by Gasteiger charge is -2.27. The van der Waals surface area contributed by atoms with Crippen molar-refractivity contribution >= 4 is 17.5 Å². The van der Waals surface area contributed by atoms with Crippen molar-refractivity contribution in [2.75, 3.05) is 20.8 Å². The number of carbonyl (C=O) groups excluding carboxylic acids is 1. The number of rotatable bonds is 7. The predicted molar refractivity (Wildman–Crippen MR) is 140 cm³/mol. The van der Waals surface area contributed by atoms with Gasteiger partial charge >= 0.3 is 0 Å². The highest BCUT2D eigenvalue weighted by atomic mass is 35.5. The van der Waals surface area contributed by atoms with Crippen LogP contribution in [0.2, 0.25) is 5.02 Å². The SMILES string of the molecule is COc1ccc(CCN2C(=O)c3[nH]nc(-c4cc(Cl)c(C)cc4O)c3[C@@H]2c2cccc(O)c2)cc1OC. The Balaban J connectivity index is 1.57. The van der Waals surface area contributed by atoms with Crippen LogP contribution in [0.5, 0.6) is 23.0 Å². The van der Waals surface area contributed by atoms with Gasteiger partial charge in [-0.3, -0.25) is 9.89 Å². The topological polar surface area (TPSA) is 108 Å². The van der Waals surface area contributed by atoms with Crippen LogP contribution in [0.3, 0.4) is 0 Å². The first-order valence-electron chi connectivity index (χ1n) is 11.7. The van der Waals surface area contributed by atoms with Crippen LogP contribution in [0, 0.1) is 6.92 Å². The highest BCUT2D eigenvalue weighted by Gasteiger charge is 2.42. The van der Waals surface area contributed by atoms with Gasteiger partial charge in [-0.05, 0) is 66.4 Å². The quantitative estimate of drug-likeness (QED) is 0.307. The van der Waals surface area contributed by atoms with Crippen molar-refractivity contribution in [3.8, 4) is 34.3 Å². The number of hydrogen-bond donors (Lipinski definition) is 3. The first-order valence-corrected chi connectivity index (χ1v) is 12.1. The van der Waals surface area contributed by atoms with Gasteiger partial charge < -0.3 is 24.6 Å². The Morgan fingerprint density at radius 2 is 1.84 bits per heavy atom. The third kappa shape index (κ3) is 4.34. The maximum atomic E-state index is 13.6. The molecule has 1 aliphatic heterocycles. The lowest BCUT2D eigenvalue weighted by molar-refractivity contribution is 0.0745. The summed E-state index contributed by atoms with van der Waals surface area (Å²) in [5.74, 6) is 1.12. The summed E-state index contributed by atoms with van der Waals surface area (Å²) in [6.45, 7) is 2.19. The van der Waals surface area contributed by atoms with E-state index in [4.69, 9.17) is 21.1 Å². The molecule has 4 aromatic rings. The summed E-state index contributed by atoms with van der Waals surface area (Å²) in [4.78, 5) is 15.4. The van der Waals surface area contributed by atoms with E-state index in [-0.39, 0.29) is 17.4 Å². The molecule has 0 aliphatic carbocycles. The summed E-state index contributed by atoms with van der Waals surface area (Å²) in [6.07, 6.45) is 0.552. The Bertz CT molecular complexity index is 1500. The number of aromatic hydroxyl groups is 2. The number of amides is 1. The van der Waals surface area contributed by atoms with Gasteiger partial charge in [0.05, 0.1) is 20.3 Å². The molecular weight excluding hydrogens is 494 g/mol. The molecule has 1 amide bonds. The molecular formula is C28H26ClN3O5. The maximum Gasteiger partial charge on any atom is 0.273 e. The number of aryl methyl sites for hydroxylation is 1. The number of halogens is 1. The van der Waals surface area contributed by atoms with E-state index in [1.54, 1.807) is 56.4 Å². The van der Waals surface area contributed by atoms with E-state index in [2.05, 4.69) is 10.2 Å². The van der Waals surface area contributed by atoms with Crippen LogP contribution in [0.4, 0.5) is 0 Å². The highest BCUT2D eigenvalue weighted by molar-refractivity contribution is 6.31. The summed E-state index contributed by atoms with van der Waals surface area (Å²) in [7, 11) is 3.16. The smallest absolute Gasteiger partial charge is 0.273 e. The number of fused-ring (bicyclic) bond motifs is 1. The molecule has 190 valence electrons. The van der Waals surface area contributed by atoms with Gasteiger partial charge in [-0.2, -0.15) is 5.10 Å².